The minimum atomic E-state index is -0.271. The Morgan fingerprint density at radius 3 is 2.79 bits per heavy atom. The van der Waals surface area contributed by atoms with Crippen LogP contribution in [0.4, 0.5) is 4.39 Å². The molecule has 0 radical (unpaired) electrons. The second kappa shape index (κ2) is 7.89. The molecule has 0 amide bonds. The molecule has 2 aromatic heterocycles. The Hall–Kier alpha value is -3.07. The molecule has 0 saturated heterocycles. The molecule has 0 spiro atoms. The second-order valence-electron chi connectivity index (χ2n) is 6.00. The van der Waals surface area contributed by atoms with E-state index in [-0.39, 0.29) is 5.82 Å². The number of rotatable bonds is 4. The van der Waals surface area contributed by atoms with Gasteiger partial charge in [0.15, 0.2) is 5.70 Å². The summed E-state index contributed by atoms with van der Waals surface area (Å²) in [6.45, 7) is 7.67. The molecule has 2 heterocycles. The third-order valence-electron chi connectivity index (χ3n) is 4.18. The molecule has 0 bridgehead atoms. The Kier molecular flexibility index (Phi) is 5.16. The number of nitrogens with zero attached hydrogens (tertiary/aromatic N) is 2. The average Bonchev–Trinajstić information content (AvgIpc) is 3.12. The van der Waals surface area contributed by atoms with Gasteiger partial charge in [-0.15, -0.1) is 0 Å². The van der Waals surface area contributed by atoms with Crippen LogP contribution in [-0.2, 0) is 0 Å². The van der Waals surface area contributed by atoms with E-state index < -0.39 is 0 Å². The van der Waals surface area contributed by atoms with Crippen LogP contribution in [0.5, 0.6) is 0 Å². The molecule has 136 valence electrons. The van der Waals surface area contributed by atoms with Crippen molar-refractivity contribution in [3.63, 3.8) is 0 Å². The Bertz CT molecular complexity index is 1220. The summed E-state index contributed by atoms with van der Waals surface area (Å²) in [6, 6.07) is 13.7. The number of aromatic amines is 1. The number of aromatic nitrogens is 2. The predicted molar refractivity (Wildman–Crippen MR) is 113 cm³/mol. The van der Waals surface area contributed by atoms with E-state index in [2.05, 4.69) is 14.8 Å². The van der Waals surface area contributed by atoms with Gasteiger partial charge in [0, 0.05) is 38.3 Å². The van der Waals surface area contributed by atoms with Gasteiger partial charge >= 0.3 is 0 Å². The van der Waals surface area contributed by atoms with E-state index in [1.165, 1.54) is 23.9 Å². The molecule has 0 atom stereocenters. The summed E-state index contributed by atoms with van der Waals surface area (Å²) >= 11 is 7.63. The second-order valence-corrected chi connectivity index (χ2v) is 7.55. The highest BCUT2D eigenvalue weighted by Gasteiger charge is 2.11. The van der Waals surface area contributed by atoms with Crippen molar-refractivity contribution in [2.75, 3.05) is 0 Å². The summed E-state index contributed by atoms with van der Waals surface area (Å²) in [7, 11) is 0. The summed E-state index contributed by atoms with van der Waals surface area (Å²) in [4.78, 5) is 12.9. The van der Waals surface area contributed by atoms with Crippen LogP contribution in [0.1, 0.15) is 11.1 Å². The van der Waals surface area contributed by atoms with E-state index in [1.807, 2.05) is 36.5 Å². The van der Waals surface area contributed by atoms with Gasteiger partial charge in [0.25, 0.3) is 0 Å². The molecule has 1 N–H and O–H groups in total. The fourth-order valence-corrected chi connectivity index (χ4v) is 3.90. The number of fused-ring (bicyclic) bond motifs is 1. The largest absolute Gasteiger partial charge is 0.362 e. The van der Waals surface area contributed by atoms with Crippen LogP contribution in [0.25, 0.3) is 27.5 Å². The average molecular weight is 406 g/mol. The van der Waals surface area contributed by atoms with Crippen molar-refractivity contribution in [2.24, 2.45) is 0 Å². The summed E-state index contributed by atoms with van der Waals surface area (Å²) < 4.78 is 13.2. The first-order valence-electron chi connectivity index (χ1n) is 8.37. The molecular weight excluding hydrogens is 393 g/mol. The lowest BCUT2D eigenvalue weighted by molar-refractivity contribution is 0.626. The standard InChI is InChI=1S/C22H13ClFN3S/c1-25-21(19-13-27-20-7-2-15(23)11-18(19)20)10-14-12-26-9-8-22(14)28-17-5-3-16(24)4-6-17/h2-13,27H/b21-10-. The Morgan fingerprint density at radius 1 is 1.18 bits per heavy atom. The van der Waals surface area contributed by atoms with Crippen LogP contribution in [0.15, 0.2) is 76.9 Å². The maximum atomic E-state index is 13.2. The van der Waals surface area contributed by atoms with Crippen LogP contribution >= 0.6 is 23.4 Å². The van der Waals surface area contributed by atoms with Crippen molar-refractivity contribution < 1.29 is 4.39 Å². The zero-order valence-electron chi connectivity index (χ0n) is 14.5. The van der Waals surface area contributed by atoms with Crippen LogP contribution in [-0.4, -0.2) is 9.97 Å². The topological polar surface area (TPSA) is 33.0 Å². The number of H-pyrrole nitrogens is 1. The van der Waals surface area contributed by atoms with Gasteiger partial charge in [-0.1, -0.05) is 23.4 Å². The smallest absolute Gasteiger partial charge is 0.197 e. The summed E-state index contributed by atoms with van der Waals surface area (Å²) in [6.07, 6.45) is 7.05. The van der Waals surface area contributed by atoms with Gasteiger partial charge in [-0.3, -0.25) is 4.98 Å². The van der Waals surface area contributed by atoms with E-state index >= 15 is 0 Å². The van der Waals surface area contributed by atoms with Crippen molar-refractivity contribution in [2.45, 2.75) is 9.79 Å². The third kappa shape index (κ3) is 3.79. The summed E-state index contributed by atoms with van der Waals surface area (Å²) in [5.41, 5.74) is 3.01. The van der Waals surface area contributed by atoms with Gasteiger partial charge in [-0.05, 0) is 71.8 Å². The summed E-state index contributed by atoms with van der Waals surface area (Å²) in [5.74, 6) is -0.271. The number of benzene rings is 2. The minimum Gasteiger partial charge on any atom is -0.362 e. The fraction of sp³-hybridized carbons (Fsp3) is 0. The molecule has 0 saturated carbocycles. The van der Waals surface area contributed by atoms with Gasteiger partial charge in [0.1, 0.15) is 5.82 Å². The minimum absolute atomic E-state index is 0.271. The van der Waals surface area contributed by atoms with E-state index in [1.54, 1.807) is 24.5 Å². The van der Waals surface area contributed by atoms with Crippen LogP contribution in [0, 0.1) is 12.4 Å². The molecular formula is C22H13ClFN3S. The van der Waals surface area contributed by atoms with Crippen LogP contribution in [0.3, 0.4) is 0 Å². The molecule has 0 aliphatic heterocycles. The third-order valence-corrected chi connectivity index (χ3v) is 5.52. The predicted octanol–water partition coefficient (Wildman–Crippen LogP) is 6.92. The molecule has 0 unspecified atom stereocenters. The first-order valence-corrected chi connectivity index (χ1v) is 9.57. The molecule has 0 fully saturated rings. The monoisotopic (exact) mass is 405 g/mol. The zero-order chi connectivity index (χ0) is 19.5. The molecule has 2 aromatic carbocycles. The van der Waals surface area contributed by atoms with Gasteiger partial charge in [0.05, 0.1) is 6.57 Å². The normalized spacial score (nSPS) is 11.5. The lowest BCUT2D eigenvalue weighted by Crippen LogP contribution is -1.85. The molecule has 0 aliphatic rings. The van der Waals surface area contributed by atoms with Crippen molar-refractivity contribution in [1.82, 2.24) is 9.97 Å². The van der Waals surface area contributed by atoms with E-state index in [0.717, 1.165) is 31.8 Å². The van der Waals surface area contributed by atoms with Crippen molar-refractivity contribution >= 4 is 46.0 Å². The molecule has 4 rings (SSSR count). The van der Waals surface area contributed by atoms with Gasteiger partial charge in [0.2, 0.25) is 0 Å². The molecule has 4 aromatic rings. The lowest BCUT2D eigenvalue weighted by Gasteiger charge is -2.06. The van der Waals surface area contributed by atoms with Gasteiger partial charge < -0.3 is 4.98 Å². The zero-order valence-corrected chi connectivity index (χ0v) is 16.1. The first-order chi connectivity index (χ1) is 13.6. The van der Waals surface area contributed by atoms with E-state index in [4.69, 9.17) is 18.2 Å². The first kappa shape index (κ1) is 18.3. The van der Waals surface area contributed by atoms with Crippen LogP contribution < -0.4 is 0 Å². The number of halogens is 2. The van der Waals surface area contributed by atoms with Crippen molar-refractivity contribution in [1.29, 1.82) is 0 Å². The lowest BCUT2D eigenvalue weighted by atomic mass is 10.1. The number of hydrogen-bond donors (Lipinski definition) is 1. The van der Waals surface area contributed by atoms with Crippen LogP contribution in [0.2, 0.25) is 5.02 Å². The fourth-order valence-electron chi connectivity index (χ4n) is 2.85. The maximum absolute atomic E-state index is 13.2. The number of hydrogen-bond acceptors (Lipinski definition) is 2. The Balaban J connectivity index is 1.75. The highest BCUT2D eigenvalue weighted by atomic mass is 35.5. The summed E-state index contributed by atoms with van der Waals surface area (Å²) in [5, 5.41) is 1.51. The molecule has 0 aliphatic carbocycles. The van der Waals surface area contributed by atoms with E-state index in [9.17, 15) is 4.39 Å². The molecule has 3 nitrogen and oxygen atoms in total. The maximum Gasteiger partial charge on any atom is 0.197 e. The molecule has 6 heteroatoms. The highest BCUT2D eigenvalue weighted by molar-refractivity contribution is 7.99. The van der Waals surface area contributed by atoms with E-state index in [0.29, 0.717) is 10.7 Å². The van der Waals surface area contributed by atoms with Crippen molar-refractivity contribution in [3.8, 4) is 0 Å². The van der Waals surface area contributed by atoms with Gasteiger partial charge in [-0.2, -0.15) is 0 Å². The SMILES string of the molecule is [C-]#[N+]/C(=C\c1cnccc1Sc1ccc(F)cc1)c1c[nH]c2ccc(Cl)cc12. The Labute approximate surface area is 170 Å². The number of pyridine rings is 1. The Morgan fingerprint density at radius 2 is 2.00 bits per heavy atom. The number of nitrogens with one attached hydrogen (secondary N) is 1. The highest BCUT2D eigenvalue weighted by Crippen LogP contribution is 2.34. The van der Waals surface area contributed by atoms with Gasteiger partial charge in [-0.25, -0.2) is 9.24 Å². The van der Waals surface area contributed by atoms with Crippen molar-refractivity contribution in [3.05, 3.63) is 101 Å². The molecule has 28 heavy (non-hydrogen) atoms. The quantitative estimate of drug-likeness (QED) is 0.373.